The van der Waals surface area contributed by atoms with Crippen LogP contribution in [-0.4, -0.2) is 21.9 Å². The van der Waals surface area contributed by atoms with E-state index >= 15 is 0 Å². The summed E-state index contributed by atoms with van der Waals surface area (Å²) in [5.74, 6) is 2.90. The molecule has 0 fully saturated rings. The van der Waals surface area contributed by atoms with Gasteiger partial charge in [-0.15, -0.1) is 6.42 Å². The van der Waals surface area contributed by atoms with Crippen molar-refractivity contribution in [2.45, 2.75) is 0 Å². The highest BCUT2D eigenvalue weighted by molar-refractivity contribution is 5.73. The normalized spacial score (nSPS) is 9.88. The molecule has 0 spiro atoms. The van der Waals surface area contributed by atoms with Crippen LogP contribution >= 0.6 is 0 Å². The number of nitrogens with zero attached hydrogens (tertiary/aromatic N) is 4. The molecule has 1 aromatic heterocycles. The number of ether oxygens (including phenoxy) is 1. The van der Waals surface area contributed by atoms with Crippen molar-refractivity contribution in [2.24, 2.45) is 5.11 Å². The minimum atomic E-state index is 0.0487. The van der Waals surface area contributed by atoms with E-state index in [0.717, 1.165) is 5.56 Å². The lowest BCUT2D eigenvalue weighted by Crippen LogP contribution is -1.93. The minimum Gasteiger partial charge on any atom is -0.507 e. The molecule has 1 heterocycles. The molecule has 2 aromatic carbocycles. The maximum absolute atomic E-state index is 10.2. The molecular formula is C18H13N5O2. The van der Waals surface area contributed by atoms with Crippen LogP contribution < -0.4 is 4.74 Å². The number of hydrogen-bond donors (Lipinski definition) is 2. The molecule has 0 aliphatic rings. The Balaban J connectivity index is 1.90. The molecule has 0 unspecified atom stereocenters. The van der Waals surface area contributed by atoms with Gasteiger partial charge in [-0.25, -0.2) is 0 Å². The van der Waals surface area contributed by atoms with Crippen LogP contribution in [0.2, 0.25) is 0 Å². The van der Waals surface area contributed by atoms with Gasteiger partial charge in [0.1, 0.15) is 18.1 Å². The SMILES string of the molecule is C#CCOc1ccc(-c2cc(-c3cccc(N=[N+]=[N-])c3)n[nH]2)c(O)c1. The van der Waals surface area contributed by atoms with Gasteiger partial charge in [-0.1, -0.05) is 29.2 Å². The first-order chi connectivity index (χ1) is 12.2. The van der Waals surface area contributed by atoms with Crippen LogP contribution in [0.15, 0.2) is 53.6 Å². The fourth-order valence-electron chi connectivity index (χ4n) is 2.34. The van der Waals surface area contributed by atoms with E-state index in [2.05, 4.69) is 26.1 Å². The van der Waals surface area contributed by atoms with E-state index in [1.165, 1.54) is 6.07 Å². The average Bonchev–Trinajstić information content (AvgIpc) is 3.10. The lowest BCUT2D eigenvalue weighted by molar-refractivity contribution is 0.367. The summed E-state index contributed by atoms with van der Waals surface area (Å²) < 4.78 is 5.28. The third-order valence-corrected chi connectivity index (χ3v) is 3.46. The van der Waals surface area contributed by atoms with Gasteiger partial charge in [0.25, 0.3) is 0 Å². The van der Waals surface area contributed by atoms with Gasteiger partial charge in [0.15, 0.2) is 0 Å². The Hall–Kier alpha value is -3.88. The standard InChI is InChI=1S/C18H13N5O2/c1-2-8-25-14-6-7-15(18(24)10-14)17-11-16(21-22-17)12-4-3-5-13(9-12)20-23-19/h1,3-7,9-11,24H,8H2,(H,21,22). The van der Waals surface area contributed by atoms with Crippen LogP contribution in [0.3, 0.4) is 0 Å². The monoisotopic (exact) mass is 331 g/mol. The fraction of sp³-hybridized carbons (Fsp3) is 0.0556. The maximum atomic E-state index is 10.2. The number of terminal acetylenes is 1. The van der Waals surface area contributed by atoms with Crippen molar-refractivity contribution in [3.05, 3.63) is 59.0 Å². The number of azide groups is 1. The quantitative estimate of drug-likeness (QED) is 0.313. The molecule has 122 valence electrons. The van der Waals surface area contributed by atoms with E-state index in [-0.39, 0.29) is 12.4 Å². The summed E-state index contributed by atoms with van der Waals surface area (Å²) in [5, 5.41) is 20.9. The highest BCUT2D eigenvalue weighted by Gasteiger charge is 2.11. The maximum Gasteiger partial charge on any atom is 0.148 e. The molecule has 0 bridgehead atoms. The van der Waals surface area contributed by atoms with E-state index in [1.807, 2.05) is 6.07 Å². The summed E-state index contributed by atoms with van der Waals surface area (Å²) in [6.45, 7) is 0.133. The number of nitrogens with one attached hydrogen (secondary N) is 1. The van der Waals surface area contributed by atoms with E-state index in [9.17, 15) is 5.11 Å². The molecule has 0 aliphatic carbocycles. The van der Waals surface area contributed by atoms with Crippen LogP contribution in [0.4, 0.5) is 5.69 Å². The second-order valence-corrected chi connectivity index (χ2v) is 5.08. The molecule has 0 atom stereocenters. The number of benzene rings is 2. The smallest absolute Gasteiger partial charge is 0.148 e. The lowest BCUT2D eigenvalue weighted by atomic mass is 10.1. The van der Waals surface area contributed by atoms with Crippen molar-refractivity contribution in [1.82, 2.24) is 10.2 Å². The third-order valence-electron chi connectivity index (χ3n) is 3.46. The molecule has 3 aromatic rings. The molecule has 0 saturated carbocycles. The van der Waals surface area contributed by atoms with Crippen LogP contribution in [0.1, 0.15) is 0 Å². The number of aromatic amines is 1. The molecule has 25 heavy (non-hydrogen) atoms. The summed E-state index contributed by atoms with van der Waals surface area (Å²) in [4.78, 5) is 2.77. The van der Waals surface area contributed by atoms with Gasteiger partial charge in [-0.2, -0.15) is 5.10 Å². The molecular weight excluding hydrogens is 318 g/mol. The van der Waals surface area contributed by atoms with Crippen molar-refractivity contribution in [2.75, 3.05) is 6.61 Å². The Labute approximate surface area is 143 Å². The summed E-state index contributed by atoms with van der Waals surface area (Å²) in [7, 11) is 0. The third kappa shape index (κ3) is 3.55. The van der Waals surface area contributed by atoms with Gasteiger partial charge in [0.05, 0.1) is 11.4 Å². The van der Waals surface area contributed by atoms with Crippen LogP contribution in [0.25, 0.3) is 33.0 Å². The minimum absolute atomic E-state index is 0.0487. The van der Waals surface area contributed by atoms with Gasteiger partial charge in [-0.3, -0.25) is 5.10 Å². The van der Waals surface area contributed by atoms with Gasteiger partial charge in [0, 0.05) is 27.8 Å². The highest BCUT2D eigenvalue weighted by Crippen LogP contribution is 2.33. The van der Waals surface area contributed by atoms with Crippen LogP contribution in [0, 0.1) is 12.3 Å². The predicted octanol–water partition coefficient (Wildman–Crippen LogP) is 4.40. The number of aromatic hydroxyl groups is 1. The van der Waals surface area contributed by atoms with E-state index < -0.39 is 0 Å². The molecule has 7 nitrogen and oxygen atoms in total. The van der Waals surface area contributed by atoms with Crippen molar-refractivity contribution in [1.29, 1.82) is 0 Å². The highest BCUT2D eigenvalue weighted by atomic mass is 16.5. The summed E-state index contributed by atoms with van der Waals surface area (Å²) in [5.41, 5.74) is 11.7. The Bertz CT molecular complexity index is 997. The fourth-order valence-corrected chi connectivity index (χ4v) is 2.34. The first-order valence-electron chi connectivity index (χ1n) is 7.32. The zero-order valence-electron chi connectivity index (χ0n) is 13.0. The summed E-state index contributed by atoms with van der Waals surface area (Å²) in [6, 6.07) is 13.8. The lowest BCUT2D eigenvalue weighted by Gasteiger charge is -2.06. The topological polar surface area (TPSA) is 107 Å². The number of rotatable bonds is 5. The number of phenolic OH excluding ortho intramolecular Hbond substituents is 1. The Morgan fingerprint density at radius 3 is 2.92 bits per heavy atom. The number of hydrogen-bond acceptors (Lipinski definition) is 4. The Morgan fingerprint density at radius 1 is 1.28 bits per heavy atom. The van der Waals surface area contributed by atoms with Gasteiger partial charge >= 0.3 is 0 Å². The summed E-state index contributed by atoms with van der Waals surface area (Å²) >= 11 is 0. The zero-order valence-corrected chi connectivity index (χ0v) is 13.0. The van der Waals surface area contributed by atoms with Gasteiger partial charge in [0.2, 0.25) is 0 Å². The number of H-pyrrole nitrogens is 1. The number of phenols is 1. The molecule has 7 heteroatoms. The van der Waals surface area contributed by atoms with Gasteiger partial charge in [-0.05, 0) is 29.8 Å². The molecule has 2 N–H and O–H groups in total. The van der Waals surface area contributed by atoms with Crippen molar-refractivity contribution >= 4 is 5.69 Å². The zero-order chi connectivity index (χ0) is 17.6. The van der Waals surface area contributed by atoms with Crippen LogP contribution in [0.5, 0.6) is 11.5 Å². The van der Waals surface area contributed by atoms with Crippen molar-refractivity contribution < 1.29 is 9.84 Å². The Kier molecular flexibility index (Phi) is 4.56. The molecule has 0 amide bonds. The first-order valence-corrected chi connectivity index (χ1v) is 7.32. The first kappa shape index (κ1) is 16.0. The number of aromatic nitrogens is 2. The van der Waals surface area contributed by atoms with Crippen molar-refractivity contribution in [3.63, 3.8) is 0 Å². The second-order valence-electron chi connectivity index (χ2n) is 5.08. The van der Waals surface area contributed by atoms with E-state index in [4.69, 9.17) is 16.7 Å². The molecule has 0 saturated heterocycles. The predicted molar refractivity (Wildman–Crippen MR) is 94.3 cm³/mol. The average molecular weight is 331 g/mol. The molecule has 0 radical (unpaired) electrons. The Morgan fingerprint density at radius 2 is 2.16 bits per heavy atom. The molecule has 0 aliphatic heterocycles. The van der Waals surface area contributed by atoms with Crippen LogP contribution in [-0.2, 0) is 0 Å². The molecule has 3 rings (SSSR count). The summed E-state index contributed by atoms with van der Waals surface area (Å²) in [6.07, 6.45) is 5.15. The van der Waals surface area contributed by atoms with E-state index in [1.54, 1.807) is 36.4 Å². The van der Waals surface area contributed by atoms with Gasteiger partial charge < -0.3 is 9.84 Å². The van der Waals surface area contributed by atoms with E-state index in [0.29, 0.717) is 28.4 Å². The largest absolute Gasteiger partial charge is 0.507 e. The van der Waals surface area contributed by atoms with Crippen molar-refractivity contribution in [3.8, 4) is 46.4 Å². The second kappa shape index (κ2) is 7.13.